The van der Waals surface area contributed by atoms with Gasteiger partial charge in [-0.3, -0.25) is 0 Å². The molecule has 10 nitrogen and oxygen atoms in total. The predicted octanol–water partition coefficient (Wildman–Crippen LogP) is 17.5. The summed E-state index contributed by atoms with van der Waals surface area (Å²) in [7, 11) is 0. The monoisotopic (exact) mass is 1300 g/mol. The number of hydrogen-bond acceptors (Lipinski definition) is 10. The lowest BCUT2D eigenvalue weighted by Crippen LogP contribution is -2.33. The van der Waals surface area contributed by atoms with E-state index in [9.17, 15) is 0 Å². The van der Waals surface area contributed by atoms with Crippen molar-refractivity contribution in [1.82, 2.24) is 19.6 Å². The van der Waals surface area contributed by atoms with Crippen LogP contribution in [-0.2, 0) is 48.7 Å². The van der Waals surface area contributed by atoms with E-state index >= 15 is 0 Å². The zero-order valence-electron chi connectivity index (χ0n) is 54.8. The third kappa shape index (κ3) is 17.6. The number of ether oxygens (including phenoxy) is 6. The van der Waals surface area contributed by atoms with Gasteiger partial charge < -0.3 is 48.0 Å². The molecule has 1 heterocycles. The summed E-state index contributed by atoms with van der Waals surface area (Å²) in [4.78, 5) is 11.5. The molecule has 1 aliphatic rings. The Morgan fingerprint density at radius 3 is 0.652 bits per heavy atom. The lowest BCUT2D eigenvalue weighted by molar-refractivity contribution is 0.103. The molecule has 0 amide bonds. The normalized spacial score (nSPS) is 12.3. The van der Waals surface area contributed by atoms with Gasteiger partial charge in [-0.1, -0.05) is 170 Å². The van der Waals surface area contributed by atoms with E-state index < -0.39 is 0 Å². The summed E-state index contributed by atoms with van der Waals surface area (Å²) < 4.78 is 43.1. The first-order valence-electron chi connectivity index (χ1n) is 32.5. The second-order valence-corrected chi connectivity index (χ2v) is 24.6. The molecule has 14 heteroatoms. The highest BCUT2D eigenvalue weighted by atomic mass is 32.1. The SMILES string of the molecule is CCN(CC)C(=S)COc1c2cc(-c3ccccc3)cc1Cc1cc(-c3ccccc3)cc(c1OCC(=S)N(CC)CC)COCc1cc(-c3ccccc3)cc(c1OCC(=S)N(CC)CC)Cc1cc(-c3ccccc3)cc(c1OCC(=S)N(CC)CC)COC2. The first-order chi connectivity index (χ1) is 44.9. The third-order valence-corrected chi connectivity index (χ3v) is 18.5. The minimum absolute atomic E-state index is 0.181. The van der Waals surface area contributed by atoms with E-state index in [1.165, 1.54) is 0 Å². The quantitative estimate of drug-likeness (QED) is 0.0539. The van der Waals surface area contributed by atoms with Crippen LogP contribution in [0.15, 0.2) is 170 Å². The fourth-order valence-corrected chi connectivity index (χ4v) is 13.3. The zero-order chi connectivity index (χ0) is 64.9. The predicted molar refractivity (Wildman–Crippen MR) is 394 cm³/mol. The maximum absolute atomic E-state index is 7.21. The molecule has 8 aromatic carbocycles. The summed E-state index contributed by atoms with van der Waals surface area (Å²) in [5.74, 6) is 2.78. The maximum atomic E-state index is 7.21. The topological polar surface area (TPSA) is 68.3 Å². The number of rotatable bonds is 24. The van der Waals surface area contributed by atoms with Gasteiger partial charge in [0.25, 0.3) is 0 Å². The molecular formula is C78H88N4O6S4. The second kappa shape index (κ2) is 34.4. The smallest absolute Gasteiger partial charge is 0.138 e. The Morgan fingerprint density at radius 1 is 0.283 bits per heavy atom. The van der Waals surface area contributed by atoms with E-state index in [0.717, 1.165) is 161 Å². The summed E-state index contributed by atoms with van der Waals surface area (Å²) in [5, 5.41) is 0. The standard InChI is InChI=1S/C78H88N4O6S4/c1-9-79(10-2)71(89)51-85-75-63-37-59(55-29-21-17-22-30-55)41-67(75)47-83-48-68-43-61(57-33-25-19-26-34-57)39-65(77(68)87-53-73(91)81(13-5)14-6)46-66-40-62(58-35-27-20-28-36-58)44-70(78(66)88-54-74(92)82(15-7)16-8)50-84-49-69-42-60(56-31-23-18-24-32-56)38-64(45-63)76(69)86-52-72(90)80(11-3)12-4/h17-44H,9-16,45-54H2,1-8H3. The Balaban J connectivity index is 1.33. The summed E-state index contributed by atoms with van der Waals surface area (Å²) in [5.41, 5.74) is 15.5. The van der Waals surface area contributed by atoms with Gasteiger partial charge in [0, 0.05) is 87.5 Å². The molecule has 480 valence electrons. The number of fused-ring (bicyclic) bond motifs is 8. The lowest BCUT2D eigenvalue weighted by Gasteiger charge is -2.26. The van der Waals surface area contributed by atoms with Crippen LogP contribution < -0.4 is 18.9 Å². The highest BCUT2D eigenvalue weighted by molar-refractivity contribution is 7.81. The molecule has 0 saturated heterocycles. The van der Waals surface area contributed by atoms with Crippen molar-refractivity contribution in [2.45, 2.75) is 94.7 Å². The van der Waals surface area contributed by atoms with Crippen LogP contribution in [-0.4, -0.2) is 118 Å². The largest absolute Gasteiger partial charge is 0.486 e. The third-order valence-electron chi connectivity index (χ3n) is 17.0. The van der Waals surface area contributed by atoms with Crippen LogP contribution in [0.1, 0.15) is 99.9 Å². The van der Waals surface area contributed by atoms with Crippen molar-refractivity contribution in [3.63, 3.8) is 0 Å². The molecule has 8 bridgehead atoms. The van der Waals surface area contributed by atoms with Gasteiger partial charge in [0.1, 0.15) is 69.4 Å². The van der Waals surface area contributed by atoms with Crippen molar-refractivity contribution in [3.05, 3.63) is 214 Å². The molecule has 0 aliphatic carbocycles. The Bertz CT molecular complexity index is 3270. The average Bonchev–Trinajstić information content (AvgIpc) is 0.853. The van der Waals surface area contributed by atoms with Crippen molar-refractivity contribution < 1.29 is 28.4 Å². The van der Waals surface area contributed by atoms with Crippen LogP contribution in [0.2, 0.25) is 0 Å². The van der Waals surface area contributed by atoms with E-state index in [4.69, 9.17) is 77.3 Å². The van der Waals surface area contributed by atoms with Gasteiger partial charge in [-0.2, -0.15) is 0 Å². The van der Waals surface area contributed by atoms with Crippen molar-refractivity contribution in [1.29, 1.82) is 0 Å². The summed E-state index contributed by atoms with van der Waals surface area (Å²) in [6.07, 6.45) is 0.809. The second-order valence-electron chi connectivity index (χ2n) is 22.7. The van der Waals surface area contributed by atoms with Gasteiger partial charge in [-0.15, -0.1) is 0 Å². The van der Waals surface area contributed by atoms with Crippen molar-refractivity contribution in [3.8, 4) is 67.5 Å². The maximum Gasteiger partial charge on any atom is 0.138 e. The first-order valence-corrected chi connectivity index (χ1v) is 34.2. The molecule has 9 rings (SSSR count). The van der Waals surface area contributed by atoms with Gasteiger partial charge in [0.05, 0.1) is 26.4 Å². The molecule has 8 aromatic rings. The van der Waals surface area contributed by atoms with E-state index in [2.05, 4.69) is 221 Å². The number of hydrogen-bond donors (Lipinski definition) is 0. The van der Waals surface area contributed by atoms with Gasteiger partial charge in [0.15, 0.2) is 0 Å². The van der Waals surface area contributed by atoms with Gasteiger partial charge >= 0.3 is 0 Å². The average molecular weight is 1310 g/mol. The Hall–Kier alpha value is -7.56. The summed E-state index contributed by atoms with van der Waals surface area (Å²) >= 11 is 24.6. The van der Waals surface area contributed by atoms with Crippen LogP contribution in [0.4, 0.5) is 0 Å². The number of benzene rings is 8. The molecule has 0 N–H and O–H groups in total. The minimum Gasteiger partial charge on any atom is -0.486 e. The van der Waals surface area contributed by atoms with E-state index in [1.54, 1.807) is 0 Å². The number of nitrogens with zero attached hydrogens (tertiary/aromatic N) is 4. The van der Waals surface area contributed by atoms with E-state index in [-0.39, 0.29) is 52.9 Å². The van der Waals surface area contributed by atoms with Crippen molar-refractivity contribution >= 4 is 68.8 Å². The molecule has 0 unspecified atom stereocenters. The molecular weight excluding hydrogens is 1220 g/mol. The lowest BCUT2D eigenvalue weighted by atomic mass is 9.91. The first kappa shape index (κ1) is 68.8. The number of likely N-dealkylation sites (N-methyl/N-ethyl adjacent to an activating group) is 4. The summed E-state index contributed by atoms with van der Waals surface area (Å²) in [6, 6.07) is 59.8. The van der Waals surface area contributed by atoms with Crippen LogP contribution in [0.5, 0.6) is 23.0 Å². The fourth-order valence-electron chi connectivity index (χ4n) is 12.1. The molecule has 92 heavy (non-hydrogen) atoms. The highest BCUT2D eigenvalue weighted by Crippen LogP contribution is 2.42. The van der Waals surface area contributed by atoms with Crippen molar-refractivity contribution in [2.75, 3.05) is 78.8 Å². The zero-order valence-corrected chi connectivity index (χ0v) is 58.0. The Morgan fingerprint density at radius 2 is 0.467 bits per heavy atom. The summed E-state index contributed by atoms with van der Waals surface area (Å²) in [6.45, 7) is 24.5. The fraction of sp³-hybridized carbons (Fsp3) is 0.333. The van der Waals surface area contributed by atoms with Gasteiger partial charge in [-0.25, -0.2) is 0 Å². The minimum atomic E-state index is 0.181. The van der Waals surface area contributed by atoms with Crippen LogP contribution in [0.25, 0.3) is 44.5 Å². The molecule has 0 fully saturated rings. The molecule has 0 atom stereocenters. The molecule has 0 radical (unpaired) electrons. The molecule has 1 aliphatic heterocycles. The van der Waals surface area contributed by atoms with Gasteiger partial charge in [0.2, 0.25) is 0 Å². The molecule has 0 saturated carbocycles. The molecule has 0 aromatic heterocycles. The Kier molecular flexibility index (Phi) is 25.7. The number of thiocarbonyl (C=S) groups is 4. The van der Waals surface area contributed by atoms with Crippen LogP contribution in [0.3, 0.4) is 0 Å². The van der Waals surface area contributed by atoms with Gasteiger partial charge in [-0.05, 0) is 171 Å². The van der Waals surface area contributed by atoms with E-state index in [0.29, 0.717) is 35.8 Å². The van der Waals surface area contributed by atoms with Crippen molar-refractivity contribution in [2.24, 2.45) is 0 Å². The van der Waals surface area contributed by atoms with Crippen LogP contribution in [0, 0.1) is 0 Å². The molecule has 0 spiro atoms. The van der Waals surface area contributed by atoms with Crippen LogP contribution >= 0.6 is 48.9 Å². The Labute approximate surface area is 568 Å². The van der Waals surface area contributed by atoms with E-state index in [1.807, 2.05) is 24.3 Å². The highest BCUT2D eigenvalue weighted by Gasteiger charge is 2.26.